The first-order valence-electron chi connectivity index (χ1n) is 10.5. The van der Waals surface area contributed by atoms with E-state index in [1.54, 1.807) is 18.2 Å². The van der Waals surface area contributed by atoms with E-state index in [4.69, 9.17) is 14.2 Å². The lowest BCUT2D eigenvalue weighted by Crippen LogP contribution is -2.13. The van der Waals surface area contributed by atoms with Gasteiger partial charge in [-0.2, -0.15) is 0 Å². The smallest absolute Gasteiger partial charge is 0.255 e. The third kappa shape index (κ3) is 7.70. The summed E-state index contributed by atoms with van der Waals surface area (Å²) in [5.74, 6) is 2.63. The van der Waals surface area contributed by atoms with Crippen LogP contribution in [0, 0.1) is 5.92 Å². The summed E-state index contributed by atoms with van der Waals surface area (Å²) in [7, 11) is 0. The van der Waals surface area contributed by atoms with Gasteiger partial charge in [0, 0.05) is 11.3 Å². The summed E-state index contributed by atoms with van der Waals surface area (Å²) in [5.41, 5.74) is 1.24. The zero-order valence-corrected chi connectivity index (χ0v) is 18.0. The molecular weight excluding hydrogens is 390 g/mol. The number of carbonyl (C=O) groups is 1. The molecule has 1 amide bonds. The van der Waals surface area contributed by atoms with Crippen LogP contribution in [-0.2, 0) is 0 Å². The molecule has 31 heavy (non-hydrogen) atoms. The van der Waals surface area contributed by atoms with Gasteiger partial charge in [0.2, 0.25) is 0 Å². The Morgan fingerprint density at radius 2 is 1.35 bits per heavy atom. The number of para-hydroxylation sites is 1. The van der Waals surface area contributed by atoms with E-state index in [0.717, 1.165) is 17.9 Å². The molecule has 0 heterocycles. The summed E-state index contributed by atoms with van der Waals surface area (Å²) >= 11 is 0. The third-order valence-corrected chi connectivity index (χ3v) is 4.54. The van der Waals surface area contributed by atoms with E-state index >= 15 is 0 Å². The van der Waals surface area contributed by atoms with Gasteiger partial charge in [0.05, 0.1) is 6.61 Å². The Labute approximate surface area is 184 Å². The number of amides is 1. The quantitative estimate of drug-likeness (QED) is 0.398. The van der Waals surface area contributed by atoms with Crippen molar-refractivity contribution in [1.82, 2.24) is 0 Å². The number of hydrogen-bond acceptors (Lipinski definition) is 4. The lowest BCUT2D eigenvalue weighted by Gasteiger charge is -2.11. The van der Waals surface area contributed by atoms with Gasteiger partial charge in [0.15, 0.2) is 0 Å². The molecule has 162 valence electrons. The second kappa shape index (κ2) is 11.6. The Hall–Kier alpha value is -3.47. The van der Waals surface area contributed by atoms with E-state index in [-0.39, 0.29) is 5.91 Å². The van der Waals surface area contributed by atoms with Gasteiger partial charge in [0.25, 0.3) is 5.91 Å². The highest BCUT2D eigenvalue weighted by Gasteiger charge is 2.08. The standard InChI is InChI=1S/C26H29NO4/c1-20(2)15-16-29-24-13-11-22(12-14-24)27-26(28)21-7-6-10-25(19-21)31-18-17-30-23-8-4-3-5-9-23/h3-14,19-20H,15-18H2,1-2H3,(H,27,28). The van der Waals surface area contributed by atoms with Crippen LogP contribution in [0.15, 0.2) is 78.9 Å². The molecule has 0 atom stereocenters. The van der Waals surface area contributed by atoms with Crippen LogP contribution in [-0.4, -0.2) is 25.7 Å². The normalized spacial score (nSPS) is 10.5. The van der Waals surface area contributed by atoms with Crippen LogP contribution in [0.5, 0.6) is 17.2 Å². The minimum Gasteiger partial charge on any atom is -0.494 e. The zero-order chi connectivity index (χ0) is 21.9. The van der Waals surface area contributed by atoms with Crippen LogP contribution < -0.4 is 19.5 Å². The zero-order valence-electron chi connectivity index (χ0n) is 18.0. The largest absolute Gasteiger partial charge is 0.494 e. The first-order chi connectivity index (χ1) is 15.1. The first kappa shape index (κ1) is 22.2. The number of anilines is 1. The Kier molecular flexibility index (Phi) is 8.35. The fourth-order valence-electron chi connectivity index (χ4n) is 2.81. The van der Waals surface area contributed by atoms with Crippen molar-refractivity contribution in [1.29, 1.82) is 0 Å². The fraction of sp³-hybridized carbons (Fsp3) is 0.269. The molecule has 0 aromatic heterocycles. The van der Waals surface area contributed by atoms with Crippen LogP contribution in [0.4, 0.5) is 5.69 Å². The summed E-state index contributed by atoms with van der Waals surface area (Å²) in [6, 6.07) is 24.1. The lowest BCUT2D eigenvalue weighted by atomic mass is 10.1. The Morgan fingerprint density at radius 1 is 0.742 bits per heavy atom. The van der Waals surface area contributed by atoms with Crippen LogP contribution in [0.3, 0.4) is 0 Å². The molecule has 0 fully saturated rings. The third-order valence-electron chi connectivity index (χ3n) is 4.54. The molecule has 0 saturated heterocycles. The van der Waals surface area contributed by atoms with Crippen molar-refractivity contribution in [2.75, 3.05) is 25.1 Å². The van der Waals surface area contributed by atoms with Gasteiger partial charge in [-0.15, -0.1) is 0 Å². The van der Waals surface area contributed by atoms with E-state index in [1.807, 2.05) is 60.7 Å². The molecule has 5 nitrogen and oxygen atoms in total. The maximum absolute atomic E-state index is 12.6. The molecule has 0 spiro atoms. The molecule has 0 bridgehead atoms. The molecule has 0 saturated carbocycles. The summed E-state index contributed by atoms with van der Waals surface area (Å²) in [6.07, 6.45) is 1.01. The van der Waals surface area contributed by atoms with Crippen LogP contribution in [0.2, 0.25) is 0 Å². The van der Waals surface area contributed by atoms with E-state index in [9.17, 15) is 4.79 Å². The van der Waals surface area contributed by atoms with Gasteiger partial charge in [0.1, 0.15) is 30.5 Å². The number of hydrogen-bond donors (Lipinski definition) is 1. The first-order valence-corrected chi connectivity index (χ1v) is 10.5. The van der Waals surface area contributed by atoms with Crippen LogP contribution in [0.1, 0.15) is 30.6 Å². The van der Waals surface area contributed by atoms with Crippen molar-refractivity contribution in [3.05, 3.63) is 84.4 Å². The summed E-state index contributed by atoms with van der Waals surface area (Å²) in [6.45, 7) is 5.83. The Morgan fingerprint density at radius 3 is 2.06 bits per heavy atom. The minimum atomic E-state index is -0.195. The van der Waals surface area contributed by atoms with Crippen molar-refractivity contribution >= 4 is 11.6 Å². The molecule has 1 N–H and O–H groups in total. The maximum atomic E-state index is 12.6. The lowest BCUT2D eigenvalue weighted by molar-refractivity contribution is 0.102. The number of ether oxygens (including phenoxy) is 3. The topological polar surface area (TPSA) is 56.8 Å². The van der Waals surface area contributed by atoms with Crippen LogP contribution >= 0.6 is 0 Å². The van der Waals surface area contributed by atoms with Gasteiger partial charge >= 0.3 is 0 Å². The van der Waals surface area contributed by atoms with E-state index in [2.05, 4.69) is 19.2 Å². The van der Waals surface area contributed by atoms with Crippen molar-refractivity contribution in [3.8, 4) is 17.2 Å². The SMILES string of the molecule is CC(C)CCOc1ccc(NC(=O)c2cccc(OCCOc3ccccc3)c2)cc1. The monoisotopic (exact) mass is 419 g/mol. The van der Waals surface area contributed by atoms with Crippen molar-refractivity contribution in [2.24, 2.45) is 5.92 Å². The molecule has 0 unspecified atom stereocenters. The Balaban J connectivity index is 1.47. The molecular formula is C26H29NO4. The molecule has 3 rings (SSSR count). The fourth-order valence-corrected chi connectivity index (χ4v) is 2.81. The molecule has 0 aliphatic carbocycles. The van der Waals surface area contributed by atoms with Gasteiger partial charge < -0.3 is 19.5 Å². The average Bonchev–Trinajstić information content (AvgIpc) is 2.78. The highest BCUT2D eigenvalue weighted by Crippen LogP contribution is 2.19. The molecule has 3 aromatic carbocycles. The number of nitrogens with one attached hydrogen (secondary N) is 1. The van der Waals surface area contributed by atoms with Crippen molar-refractivity contribution in [3.63, 3.8) is 0 Å². The average molecular weight is 420 g/mol. The van der Waals surface area contributed by atoms with Gasteiger partial charge in [-0.3, -0.25) is 4.79 Å². The minimum absolute atomic E-state index is 0.195. The van der Waals surface area contributed by atoms with E-state index < -0.39 is 0 Å². The molecule has 0 radical (unpaired) electrons. The predicted molar refractivity (Wildman–Crippen MR) is 123 cm³/mol. The van der Waals surface area contributed by atoms with E-state index in [1.165, 1.54) is 0 Å². The van der Waals surface area contributed by atoms with Crippen LogP contribution in [0.25, 0.3) is 0 Å². The molecule has 0 aliphatic heterocycles. The van der Waals surface area contributed by atoms with E-state index in [0.29, 0.717) is 42.7 Å². The van der Waals surface area contributed by atoms with Crippen molar-refractivity contribution in [2.45, 2.75) is 20.3 Å². The molecule has 5 heteroatoms. The summed E-state index contributed by atoms with van der Waals surface area (Å²) in [4.78, 5) is 12.6. The summed E-state index contributed by atoms with van der Waals surface area (Å²) in [5, 5.41) is 2.90. The van der Waals surface area contributed by atoms with Gasteiger partial charge in [-0.1, -0.05) is 38.1 Å². The van der Waals surface area contributed by atoms with Gasteiger partial charge in [-0.25, -0.2) is 0 Å². The molecule has 0 aliphatic rings. The maximum Gasteiger partial charge on any atom is 0.255 e. The second-order valence-corrected chi connectivity index (χ2v) is 7.55. The highest BCUT2D eigenvalue weighted by molar-refractivity contribution is 6.04. The number of carbonyl (C=O) groups excluding carboxylic acids is 1. The predicted octanol–water partition coefficient (Wildman–Crippen LogP) is 5.82. The van der Waals surface area contributed by atoms with Crippen molar-refractivity contribution < 1.29 is 19.0 Å². The second-order valence-electron chi connectivity index (χ2n) is 7.55. The number of rotatable bonds is 11. The Bertz CT molecular complexity index is 939. The highest BCUT2D eigenvalue weighted by atomic mass is 16.5. The summed E-state index contributed by atoms with van der Waals surface area (Å²) < 4.78 is 17.0. The number of benzene rings is 3. The molecule has 3 aromatic rings. The van der Waals surface area contributed by atoms with Gasteiger partial charge in [-0.05, 0) is 66.9 Å².